The normalized spacial score (nSPS) is 18.9. The van der Waals surface area contributed by atoms with Crippen LogP contribution >= 0.6 is 0 Å². The minimum Gasteiger partial charge on any atom is -0.378 e. The van der Waals surface area contributed by atoms with Crippen LogP contribution in [-0.2, 0) is 4.74 Å². The molecule has 1 aromatic rings. The van der Waals surface area contributed by atoms with Gasteiger partial charge in [-0.05, 0) is 37.5 Å². The monoisotopic (exact) mass is 289 g/mol. The first-order valence-electron chi connectivity index (χ1n) is 7.73. The van der Waals surface area contributed by atoms with Crippen LogP contribution in [0.3, 0.4) is 0 Å². The van der Waals surface area contributed by atoms with Crippen molar-refractivity contribution in [1.29, 1.82) is 0 Å². The molecule has 0 unspecified atom stereocenters. The van der Waals surface area contributed by atoms with Crippen LogP contribution in [0.2, 0.25) is 0 Å². The molecule has 114 valence electrons. The minimum absolute atomic E-state index is 0.0278. The summed E-state index contributed by atoms with van der Waals surface area (Å²) in [6.07, 6.45) is 2.51. The van der Waals surface area contributed by atoms with E-state index >= 15 is 0 Å². The van der Waals surface area contributed by atoms with Gasteiger partial charge < -0.3 is 19.9 Å². The number of ether oxygens (including phenoxy) is 1. The van der Waals surface area contributed by atoms with E-state index in [9.17, 15) is 4.79 Å². The Morgan fingerprint density at radius 2 is 1.86 bits per heavy atom. The quantitative estimate of drug-likeness (QED) is 0.909. The molecule has 0 radical (unpaired) electrons. The lowest BCUT2D eigenvalue weighted by Gasteiger charge is -2.27. The second kappa shape index (κ2) is 6.35. The topological polar surface area (TPSA) is 44.8 Å². The summed E-state index contributed by atoms with van der Waals surface area (Å²) in [6.45, 7) is 6.83. The molecule has 5 heteroatoms. The molecule has 2 saturated heterocycles. The number of carbonyl (C=O) groups is 1. The zero-order valence-electron chi connectivity index (χ0n) is 12.6. The summed E-state index contributed by atoms with van der Waals surface area (Å²) in [6, 6.07) is 6.30. The number of aryl methyl sites for hydroxylation is 1. The van der Waals surface area contributed by atoms with Gasteiger partial charge in [0.25, 0.3) is 0 Å². The SMILES string of the molecule is Cc1ccc(N2CCCC2)cc1NC(=O)N1CCOCC1. The Hall–Kier alpha value is -1.75. The van der Waals surface area contributed by atoms with Crippen molar-refractivity contribution in [2.24, 2.45) is 0 Å². The first kappa shape index (κ1) is 14.2. The van der Waals surface area contributed by atoms with Crippen LogP contribution in [0.15, 0.2) is 18.2 Å². The van der Waals surface area contributed by atoms with Gasteiger partial charge in [-0.25, -0.2) is 4.79 Å². The Morgan fingerprint density at radius 3 is 2.57 bits per heavy atom. The lowest BCUT2D eigenvalue weighted by Crippen LogP contribution is -2.43. The summed E-state index contributed by atoms with van der Waals surface area (Å²) < 4.78 is 5.28. The van der Waals surface area contributed by atoms with E-state index in [4.69, 9.17) is 4.74 Å². The van der Waals surface area contributed by atoms with E-state index in [1.165, 1.54) is 18.5 Å². The van der Waals surface area contributed by atoms with E-state index in [1.54, 1.807) is 0 Å². The van der Waals surface area contributed by atoms with Crippen molar-refractivity contribution in [3.63, 3.8) is 0 Å². The highest BCUT2D eigenvalue weighted by atomic mass is 16.5. The summed E-state index contributed by atoms with van der Waals surface area (Å²) in [7, 11) is 0. The number of urea groups is 1. The Balaban J connectivity index is 1.71. The first-order chi connectivity index (χ1) is 10.2. The molecule has 0 atom stereocenters. The molecule has 0 bridgehead atoms. The summed E-state index contributed by atoms with van der Waals surface area (Å²) in [5, 5.41) is 3.05. The summed E-state index contributed by atoms with van der Waals surface area (Å²) in [5.41, 5.74) is 3.21. The number of amides is 2. The second-order valence-electron chi connectivity index (χ2n) is 5.72. The molecule has 2 aliphatic heterocycles. The second-order valence-corrected chi connectivity index (χ2v) is 5.72. The smallest absolute Gasteiger partial charge is 0.322 e. The molecular formula is C16H23N3O2. The lowest BCUT2D eigenvalue weighted by atomic mass is 10.1. The zero-order valence-corrected chi connectivity index (χ0v) is 12.6. The molecule has 2 heterocycles. The Morgan fingerprint density at radius 1 is 1.14 bits per heavy atom. The molecule has 0 aromatic heterocycles. The molecule has 2 fully saturated rings. The highest BCUT2D eigenvalue weighted by Gasteiger charge is 2.18. The number of rotatable bonds is 2. The van der Waals surface area contributed by atoms with Gasteiger partial charge >= 0.3 is 6.03 Å². The van der Waals surface area contributed by atoms with E-state index in [-0.39, 0.29) is 6.03 Å². The molecule has 1 N–H and O–H groups in total. The number of nitrogens with zero attached hydrogens (tertiary/aromatic N) is 2. The molecule has 3 rings (SSSR count). The Labute approximate surface area is 125 Å². The molecule has 0 spiro atoms. The fraction of sp³-hybridized carbons (Fsp3) is 0.562. The number of nitrogens with one attached hydrogen (secondary N) is 1. The van der Waals surface area contributed by atoms with Gasteiger partial charge in [0.2, 0.25) is 0 Å². The van der Waals surface area contributed by atoms with E-state index in [2.05, 4.69) is 28.4 Å². The average molecular weight is 289 g/mol. The summed E-state index contributed by atoms with van der Waals surface area (Å²) in [4.78, 5) is 16.5. The van der Waals surface area contributed by atoms with Crippen molar-refractivity contribution in [2.75, 3.05) is 49.6 Å². The molecule has 1 aromatic carbocycles. The van der Waals surface area contributed by atoms with Crippen molar-refractivity contribution in [3.8, 4) is 0 Å². The highest BCUT2D eigenvalue weighted by molar-refractivity contribution is 5.91. The number of benzene rings is 1. The number of carbonyl (C=O) groups excluding carboxylic acids is 1. The van der Waals surface area contributed by atoms with Crippen molar-refractivity contribution >= 4 is 17.4 Å². The maximum Gasteiger partial charge on any atom is 0.322 e. The molecule has 5 nitrogen and oxygen atoms in total. The van der Waals surface area contributed by atoms with Gasteiger partial charge in [0.15, 0.2) is 0 Å². The van der Waals surface area contributed by atoms with Crippen molar-refractivity contribution in [3.05, 3.63) is 23.8 Å². The number of hydrogen-bond donors (Lipinski definition) is 1. The fourth-order valence-electron chi connectivity index (χ4n) is 2.88. The van der Waals surface area contributed by atoms with Crippen LogP contribution < -0.4 is 10.2 Å². The predicted molar refractivity (Wildman–Crippen MR) is 84.0 cm³/mol. The summed E-state index contributed by atoms with van der Waals surface area (Å²) >= 11 is 0. The van der Waals surface area contributed by atoms with Crippen LogP contribution in [0.4, 0.5) is 16.2 Å². The van der Waals surface area contributed by atoms with Gasteiger partial charge in [-0.3, -0.25) is 0 Å². The standard InChI is InChI=1S/C16H23N3O2/c1-13-4-5-14(18-6-2-3-7-18)12-15(13)17-16(20)19-8-10-21-11-9-19/h4-5,12H,2-3,6-11H2,1H3,(H,17,20). The Kier molecular flexibility index (Phi) is 4.29. The van der Waals surface area contributed by atoms with Crippen LogP contribution in [0.25, 0.3) is 0 Å². The van der Waals surface area contributed by atoms with Gasteiger partial charge in [-0.2, -0.15) is 0 Å². The molecule has 2 amide bonds. The third-order valence-electron chi connectivity index (χ3n) is 4.23. The van der Waals surface area contributed by atoms with Crippen molar-refractivity contribution in [1.82, 2.24) is 4.90 Å². The maximum absolute atomic E-state index is 12.3. The Bertz CT molecular complexity index is 506. The van der Waals surface area contributed by atoms with Crippen LogP contribution in [-0.4, -0.2) is 50.3 Å². The summed E-state index contributed by atoms with van der Waals surface area (Å²) in [5.74, 6) is 0. The predicted octanol–water partition coefficient (Wildman–Crippen LogP) is 2.46. The molecule has 2 aliphatic rings. The van der Waals surface area contributed by atoms with Gasteiger partial charge in [-0.1, -0.05) is 6.07 Å². The largest absolute Gasteiger partial charge is 0.378 e. The molecule has 21 heavy (non-hydrogen) atoms. The number of morpholine rings is 1. The van der Waals surface area contributed by atoms with Crippen LogP contribution in [0.5, 0.6) is 0 Å². The molecular weight excluding hydrogens is 266 g/mol. The first-order valence-corrected chi connectivity index (χ1v) is 7.73. The fourth-order valence-corrected chi connectivity index (χ4v) is 2.88. The highest BCUT2D eigenvalue weighted by Crippen LogP contribution is 2.26. The number of anilines is 2. The molecule has 0 aliphatic carbocycles. The van der Waals surface area contributed by atoms with Gasteiger partial charge in [0.05, 0.1) is 13.2 Å². The van der Waals surface area contributed by atoms with Crippen LogP contribution in [0, 0.1) is 6.92 Å². The third kappa shape index (κ3) is 3.29. The average Bonchev–Trinajstić information content (AvgIpc) is 3.04. The van der Waals surface area contributed by atoms with Crippen molar-refractivity contribution < 1.29 is 9.53 Å². The van der Waals surface area contributed by atoms with E-state index in [1.807, 2.05) is 11.8 Å². The molecule has 0 saturated carbocycles. The zero-order chi connectivity index (χ0) is 14.7. The third-order valence-corrected chi connectivity index (χ3v) is 4.23. The van der Waals surface area contributed by atoms with E-state index < -0.39 is 0 Å². The lowest BCUT2D eigenvalue weighted by molar-refractivity contribution is 0.0564. The minimum atomic E-state index is -0.0278. The van der Waals surface area contributed by atoms with E-state index in [0.29, 0.717) is 26.3 Å². The maximum atomic E-state index is 12.3. The number of hydrogen-bond acceptors (Lipinski definition) is 3. The van der Waals surface area contributed by atoms with Gasteiger partial charge in [-0.15, -0.1) is 0 Å². The van der Waals surface area contributed by atoms with Crippen molar-refractivity contribution in [2.45, 2.75) is 19.8 Å². The van der Waals surface area contributed by atoms with Gasteiger partial charge in [0, 0.05) is 37.6 Å². The van der Waals surface area contributed by atoms with Crippen LogP contribution in [0.1, 0.15) is 18.4 Å². The van der Waals surface area contributed by atoms with Gasteiger partial charge in [0.1, 0.15) is 0 Å². The van der Waals surface area contributed by atoms with E-state index in [0.717, 1.165) is 24.3 Å².